The summed E-state index contributed by atoms with van der Waals surface area (Å²) in [4.78, 5) is 0. The fourth-order valence-electron chi connectivity index (χ4n) is 1.36. The molecule has 0 aliphatic heterocycles. The lowest BCUT2D eigenvalue weighted by molar-refractivity contribution is -0.125. The molecule has 17 heavy (non-hydrogen) atoms. The third-order valence-electron chi connectivity index (χ3n) is 2.13. The number of benzene rings is 1. The molecule has 1 N–H and O–H groups in total. The van der Waals surface area contributed by atoms with Crippen molar-refractivity contribution >= 4 is 0 Å². The van der Waals surface area contributed by atoms with Gasteiger partial charge in [-0.05, 0) is 18.2 Å². The maximum absolute atomic E-state index is 12.0. The molecule has 0 bridgehead atoms. The van der Waals surface area contributed by atoms with Crippen LogP contribution in [0, 0.1) is 0 Å². The van der Waals surface area contributed by atoms with Gasteiger partial charge in [0.05, 0.1) is 20.8 Å². The lowest BCUT2D eigenvalue weighted by Gasteiger charge is -2.12. The van der Waals surface area contributed by atoms with Crippen LogP contribution in [-0.2, 0) is 6.54 Å². The number of ether oxygens (including phenoxy) is 2. The van der Waals surface area contributed by atoms with Crippen LogP contribution >= 0.6 is 0 Å². The van der Waals surface area contributed by atoms with Crippen molar-refractivity contribution < 1.29 is 22.6 Å². The highest BCUT2D eigenvalue weighted by Crippen LogP contribution is 2.24. The van der Waals surface area contributed by atoms with Gasteiger partial charge < -0.3 is 14.8 Å². The van der Waals surface area contributed by atoms with E-state index in [9.17, 15) is 13.2 Å². The second-order valence-corrected chi connectivity index (χ2v) is 3.40. The summed E-state index contributed by atoms with van der Waals surface area (Å²) < 4.78 is 46.0. The minimum Gasteiger partial charge on any atom is -0.497 e. The van der Waals surface area contributed by atoms with Gasteiger partial charge in [0, 0.05) is 12.1 Å². The first kappa shape index (κ1) is 13.6. The molecule has 0 spiro atoms. The average molecular weight is 249 g/mol. The molecular formula is C11H14F3NO2. The predicted octanol–water partition coefficient (Wildman–Crippen LogP) is 2.36. The number of hydrogen-bond donors (Lipinski definition) is 1. The standard InChI is InChI=1S/C11H14F3NO2/c1-16-9-3-4-10(17-2)8(5-9)6-15-7-11(12,13)14/h3-5,15H,6-7H2,1-2H3. The maximum atomic E-state index is 12.0. The van der Waals surface area contributed by atoms with Crippen molar-refractivity contribution in [3.8, 4) is 11.5 Å². The first-order valence-corrected chi connectivity index (χ1v) is 4.94. The molecule has 6 heteroatoms. The van der Waals surface area contributed by atoms with E-state index in [1.54, 1.807) is 18.2 Å². The van der Waals surface area contributed by atoms with Crippen molar-refractivity contribution in [1.29, 1.82) is 0 Å². The van der Waals surface area contributed by atoms with Gasteiger partial charge in [-0.25, -0.2) is 0 Å². The van der Waals surface area contributed by atoms with Crippen LogP contribution in [0.5, 0.6) is 11.5 Å². The SMILES string of the molecule is COc1ccc(OC)c(CNCC(F)(F)F)c1. The predicted molar refractivity (Wildman–Crippen MR) is 57.3 cm³/mol. The second kappa shape index (κ2) is 5.77. The lowest BCUT2D eigenvalue weighted by atomic mass is 10.2. The minimum atomic E-state index is -4.22. The van der Waals surface area contributed by atoms with Gasteiger partial charge >= 0.3 is 6.18 Å². The van der Waals surface area contributed by atoms with Gasteiger partial charge in [0.15, 0.2) is 0 Å². The molecule has 96 valence electrons. The average Bonchev–Trinajstić information content (AvgIpc) is 2.27. The molecule has 0 aromatic heterocycles. The fourth-order valence-corrected chi connectivity index (χ4v) is 1.36. The summed E-state index contributed by atoms with van der Waals surface area (Å²) in [6.45, 7) is -0.965. The smallest absolute Gasteiger partial charge is 0.401 e. The highest BCUT2D eigenvalue weighted by molar-refractivity contribution is 5.40. The Kier molecular flexibility index (Phi) is 4.62. The summed E-state index contributed by atoms with van der Waals surface area (Å²) in [5.41, 5.74) is 0.621. The summed E-state index contributed by atoms with van der Waals surface area (Å²) in [6, 6.07) is 4.98. The van der Waals surface area contributed by atoms with E-state index < -0.39 is 12.7 Å². The van der Waals surface area contributed by atoms with Gasteiger partial charge in [-0.1, -0.05) is 0 Å². The van der Waals surface area contributed by atoms with E-state index in [1.165, 1.54) is 14.2 Å². The number of hydrogen-bond acceptors (Lipinski definition) is 3. The Bertz CT molecular complexity index is 366. The Morgan fingerprint density at radius 2 is 1.88 bits per heavy atom. The van der Waals surface area contributed by atoms with E-state index in [2.05, 4.69) is 5.32 Å². The van der Waals surface area contributed by atoms with Crippen LogP contribution in [0.15, 0.2) is 18.2 Å². The Labute approximate surface area is 97.5 Å². The van der Waals surface area contributed by atoms with Crippen molar-refractivity contribution in [2.75, 3.05) is 20.8 Å². The fraction of sp³-hybridized carbons (Fsp3) is 0.455. The van der Waals surface area contributed by atoms with Crippen molar-refractivity contribution in [3.05, 3.63) is 23.8 Å². The second-order valence-electron chi connectivity index (χ2n) is 3.40. The van der Waals surface area contributed by atoms with Crippen LogP contribution in [0.3, 0.4) is 0 Å². The summed E-state index contributed by atoms with van der Waals surface area (Å²) in [5.74, 6) is 1.11. The van der Waals surface area contributed by atoms with E-state index in [1.807, 2.05) is 0 Å². The van der Waals surface area contributed by atoms with Gasteiger partial charge in [0.25, 0.3) is 0 Å². The molecule has 0 aliphatic rings. The number of methoxy groups -OCH3 is 2. The molecule has 1 aromatic rings. The number of alkyl halides is 3. The van der Waals surface area contributed by atoms with Crippen molar-refractivity contribution in [3.63, 3.8) is 0 Å². The van der Waals surface area contributed by atoms with Crippen LogP contribution in [0.2, 0.25) is 0 Å². The van der Waals surface area contributed by atoms with Gasteiger partial charge in [-0.15, -0.1) is 0 Å². The van der Waals surface area contributed by atoms with Crippen LogP contribution < -0.4 is 14.8 Å². The summed E-state index contributed by atoms with van der Waals surface area (Å²) in [7, 11) is 2.96. The van der Waals surface area contributed by atoms with Crippen LogP contribution in [0.1, 0.15) is 5.56 Å². The molecule has 0 heterocycles. The zero-order valence-electron chi connectivity index (χ0n) is 9.60. The molecule has 0 saturated carbocycles. The first-order valence-electron chi connectivity index (χ1n) is 4.94. The third-order valence-corrected chi connectivity index (χ3v) is 2.13. The van der Waals surface area contributed by atoms with Crippen molar-refractivity contribution in [2.45, 2.75) is 12.7 Å². The van der Waals surface area contributed by atoms with Gasteiger partial charge in [0.1, 0.15) is 11.5 Å². The molecule has 0 amide bonds. The van der Waals surface area contributed by atoms with E-state index in [0.29, 0.717) is 17.1 Å². The molecule has 0 saturated heterocycles. The quantitative estimate of drug-likeness (QED) is 0.869. The Morgan fingerprint density at radius 3 is 2.41 bits per heavy atom. The number of nitrogens with one attached hydrogen (secondary N) is 1. The summed E-state index contributed by atoms with van der Waals surface area (Å²) in [6.07, 6.45) is -4.22. The summed E-state index contributed by atoms with van der Waals surface area (Å²) in [5, 5.41) is 2.31. The molecule has 0 unspecified atom stereocenters. The zero-order valence-corrected chi connectivity index (χ0v) is 9.60. The zero-order chi connectivity index (χ0) is 12.9. The largest absolute Gasteiger partial charge is 0.497 e. The van der Waals surface area contributed by atoms with E-state index in [-0.39, 0.29) is 6.54 Å². The highest BCUT2D eigenvalue weighted by atomic mass is 19.4. The van der Waals surface area contributed by atoms with Crippen LogP contribution in [0.25, 0.3) is 0 Å². The maximum Gasteiger partial charge on any atom is 0.401 e. The topological polar surface area (TPSA) is 30.5 Å². The molecule has 3 nitrogen and oxygen atoms in total. The normalized spacial score (nSPS) is 11.4. The molecule has 0 atom stereocenters. The highest BCUT2D eigenvalue weighted by Gasteiger charge is 2.26. The van der Waals surface area contributed by atoms with Crippen LogP contribution in [0.4, 0.5) is 13.2 Å². The molecular weight excluding hydrogens is 235 g/mol. The molecule has 1 aromatic carbocycles. The first-order chi connectivity index (χ1) is 7.96. The van der Waals surface area contributed by atoms with E-state index in [0.717, 1.165) is 0 Å². The minimum absolute atomic E-state index is 0.0693. The molecule has 1 rings (SSSR count). The third kappa shape index (κ3) is 4.52. The Hall–Kier alpha value is -1.43. The van der Waals surface area contributed by atoms with Crippen LogP contribution in [-0.4, -0.2) is 26.9 Å². The molecule has 0 radical (unpaired) electrons. The van der Waals surface area contributed by atoms with Gasteiger partial charge in [-0.3, -0.25) is 0 Å². The summed E-state index contributed by atoms with van der Waals surface area (Å²) >= 11 is 0. The van der Waals surface area contributed by atoms with Gasteiger partial charge in [0.2, 0.25) is 0 Å². The lowest BCUT2D eigenvalue weighted by Crippen LogP contribution is -2.28. The molecule has 0 fully saturated rings. The molecule has 0 aliphatic carbocycles. The van der Waals surface area contributed by atoms with Crippen molar-refractivity contribution in [2.24, 2.45) is 0 Å². The Morgan fingerprint density at radius 1 is 1.18 bits per heavy atom. The van der Waals surface area contributed by atoms with E-state index >= 15 is 0 Å². The van der Waals surface area contributed by atoms with E-state index in [4.69, 9.17) is 9.47 Å². The number of halogens is 3. The Balaban J connectivity index is 2.68. The van der Waals surface area contributed by atoms with Gasteiger partial charge in [-0.2, -0.15) is 13.2 Å². The van der Waals surface area contributed by atoms with Crippen molar-refractivity contribution in [1.82, 2.24) is 5.32 Å². The monoisotopic (exact) mass is 249 g/mol. The number of rotatable bonds is 5.